The SMILES string of the molecule is O=c1c2ccc(F)cc2ccn1[C@@H]1O[C@H](CO)[C@@H](O)[C@@H]1O. The molecular weight excluding hydrogens is 281 g/mol. The van der Waals surface area contributed by atoms with Gasteiger partial charge in [-0.15, -0.1) is 0 Å². The Labute approximate surface area is 118 Å². The van der Waals surface area contributed by atoms with E-state index in [0.29, 0.717) is 5.39 Å². The van der Waals surface area contributed by atoms with Crippen LogP contribution in [-0.2, 0) is 4.74 Å². The van der Waals surface area contributed by atoms with Crippen molar-refractivity contribution in [2.45, 2.75) is 24.5 Å². The third-order valence-corrected chi connectivity index (χ3v) is 3.68. The lowest BCUT2D eigenvalue weighted by atomic mass is 10.1. The zero-order valence-electron chi connectivity index (χ0n) is 10.9. The second-order valence-electron chi connectivity index (χ2n) is 4.99. The quantitative estimate of drug-likeness (QED) is 0.711. The number of hydrogen-bond donors (Lipinski definition) is 3. The number of rotatable bonds is 2. The van der Waals surface area contributed by atoms with Gasteiger partial charge in [-0.3, -0.25) is 9.36 Å². The fraction of sp³-hybridized carbons (Fsp3) is 0.357. The lowest BCUT2D eigenvalue weighted by molar-refractivity contribution is -0.0541. The maximum absolute atomic E-state index is 13.1. The van der Waals surface area contributed by atoms with E-state index in [1.807, 2.05) is 0 Å². The van der Waals surface area contributed by atoms with E-state index in [9.17, 15) is 19.4 Å². The number of fused-ring (bicyclic) bond motifs is 1. The van der Waals surface area contributed by atoms with Crippen molar-refractivity contribution in [3.8, 4) is 0 Å². The van der Waals surface area contributed by atoms with E-state index in [2.05, 4.69) is 0 Å². The highest BCUT2D eigenvalue weighted by Crippen LogP contribution is 2.28. The second kappa shape index (κ2) is 5.19. The highest BCUT2D eigenvalue weighted by molar-refractivity contribution is 5.81. The van der Waals surface area contributed by atoms with Gasteiger partial charge in [0.1, 0.15) is 24.1 Å². The molecule has 1 aliphatic rings. The van der Waals surface area contributed by atoms with E-state index in [4.69, 9.17) is 9.84 Å². The summed E-state index contributed by atoms with van der Waals surface area (Å²) in [5.41, 5.74) is -0.470. The smallest absolute Gasteiger partial charge is 0.260 e. The molecule has 1 aliphatic heterocycles. The van der Waals surface area contributed by atoms with Crippen molar-refractivity contribution < 1.29 is 24.4 Å². The number of benzene rings is 1. The van der Waals surface area contributed by atoms with Gasteiger partial charge in [-0.2, -0.15) is 0 Å². The Morgan fingerprint density at radius 1 is 1.24 bits per heavy atom. The van der Waals surface area contributed by atoms with Crippen LogP contribution in [0, 0.1) is 5.82 Å². The Kier molecular flexibility index (Phi) is 3.50. The van der Waals surface area contributed by atoms with Crippen LogP contribution in [0.2, 0.25) is 0 Å². The van der Waals surface area contributed by atoms with Gasteiger partial charge in [0, 0.05) is 11.6 Å². The minimum absolute atomic E-state index is 0.275. The first-order valence-electron chi connectivity index (χ1n) is 6.46. The number of hydrogen-bond acceptors (Lipinski definition) is 5. The number of nitrogens with zero attached hydrogens (tertiary/aromatic N) is 1. The molecule has 0 aliphatic carbocycles. The van der Waals surface area contributed by atoms with Crippen LogP contribution < -0.4 is 5.56 Å². The van der Waals surface area contributed by atoms with E-state index in [-0.39, 0.29) is 5.39 Å². The molecule has 0 spiro atoms. The first-order chi connectivity index (χ1) is 10.0. The van der Waals surface area contributed by atoms with Crippen molar-refractivity contribution in [2.75, 3.05) is 6.61 Å². The molecule has 21 heavy (non-hydrogen) atoms. The standard InChI is InChI=1S/C14H14FNO5/c15-8-1-2-9-7(5-8)3-4-16(13(9)20)14-12(19)11(18)10(6-17)21-14/h1-5,10-12,14,17-19H,6H2/t10-,11-,12+,14-/m1/s1. The molecule has 0 unspecified atom stereocenters. The van der Waals surface area contributed by atoms with E-state index in [1.165, 1.54) is 30.5 Å². The molecule has 1 aromatic carbocycles. The summed E-state index contributed by atoms with van der Waals surface area (Å²) in [6.07, 6.45) is -3.31. The molecule has 0 amide bonds. The summed E-state index contributed by atoms with van der Waals surface area (Å²) in [4.78, 5) is 12.4. The van der Waals surface area contributed by atoms with Gasteiger partial charge in [-0.05, 0) is 29.7 Å². The maximum atomic E-state index is 13.1. The lowest BCUT2D eigenvalue weighted by Gasteiger charge is -2.18. The molecule has 3 rings (SSSR count). The average molecular weight is 295 g/mol. The molecule has 1 saturated heterocycles. The molecule has 4 atom stereocenters. The van der Waals surface area contributed by atoms with E-state index in [1.54, 1.807) is 0 Å². The summed E-state index contributed by atoms with van der Waals surface area (Å²) in [5, 5.41) is 29.5. The van der Waals surface area contributed by atoms with Gasteiger partial charge in [0.2, 0.25) is 0 Å². The predicted octanol–water partition coefficient (Wildman–Crippen LogP) is -0.248. The van der Waals surface area contributed by atoms with Crippen LogP contribution in [-0.4, -0.2) is 44.8 Å². The maximum Gasteiger partial charge on any atom is 0.260 e. The van der Waals surface area contributed by atoms with Gasteiger partial charge in [0.25, 0.3) is 5.56 Å². The van der Waals surface area contributed by atoms with Crippen LogP contribution in [0.1, 0.15) is 6.23 Å². The first-order valence-corrected chi connectivity index (χ1v) is 6.46. The molecule has 1 fully saturated rings. The zero-order chi connectivity index (χ0) is 15.1. The van der Waals surface area contributed by atoms with Crippen molar-refractivity contribution in [1.82, 2.24) is 4.57 Å². The van der Waals surface area contributed by atoms with Crippen LogP contribution in [0.4, 0.5) is 4.39 Å². The molecule has 2 heterocycles. The Morgan fingerprint density at radius 2 is 2.00 bits per heavy atom. The highest BCUT2D eigenvalue weighted by atomic mass is 19.1. The fourth-order valence-electron chi connectivity index (χ4n) is 2.54. The summed E-state index contributed by atoms with van der Waals surface area (Å²) >= 11 is 0. The summed E-state index contributed by atoms with van der Waals surface area (Å²) in [7, 11) is 0. The summed E-state index contributed by atoms with van der Waals surface area (Å²) in [6.45, 7) is -0.470. The Morgan fingerprint density at radius 3 is 2.67 bits per heavy atom. The third kappa shape index (κ3) is 2.24. The normalized spacial score (nSPS) is 29.1. The summed E-state index contributed by atoms with van der Waals surface area (Å²) < 4.78 is 19.6. The van der Waals surface area contributed by atoms with Crippen molar-refractivity contribution in [1.29, 1.82) is 0 Å². The Bertz CT molecular complexity index is 731. The van der Waals surface area contributed by atoms with Crippen LogP contribution in [0.3, 0.4) is 0 Å². The van der Waals surface area contributed by atoms with Gasteiger partial charge in [-0.1, -0.05) is 0 Å². The number of aliphatic hydroxyl groups excluding tert-OH is 3. The van der Waals surface area contributed by atoms with E-state index < -0.39 is 42.5 Å². The number of aromatic nitrogens is 1. The number of pyridine rings is 1. The van der Waals surface area contributed by atoms with Crippen LogP contribution in [0.5, 0.6) is 0 Å². The molecule has 3 N–H and O–H groups in total. The molecule has 6 nitrogen and oxygen atoms in total. The molecular formula is C14H14FNO5. The van der Waals surface area contributed by atoms with Crippen LogP contribution in [0.15, 0.2) is 35.3 Å². The molecule has 0 radical (unpaired) electrons. The Hall–Kier alpha value is -1.80. The largest absolute Gasteiger partial charge is 0.394 e. The van der Waals surface area contributed by atoms with Crippen molar-refractivity contribution in [2.24, 2.45) is 0 Å². The van der Waals surface area contributed by atoms with E-state index >= 15 is 0 Å². The van der Waals surface area contributed by atoms with E-state index in [0.717, 1.165) is 4.57 Å². The molecule has 1 aromatic heterocycles. The van der Waals surface area contributed by atoms with Crippen LogP contribution >= 0.6 is 0 Å². The summed E-state index contributed by atoms with van der Waals surface area (Å²) in [6, 6.07) is 5.28. The molecule has 0 bridgehead atoms. The van der Waals surface area contributed by atoms with Crippen molar-refractivity contribution in [3.63, 3.8) is 0 Å². The minimum Gasteiger partial charge on any atom is -0.394 e. The topological polar surface area (TPSA) is 91.9 Å². The Balaban J connectivity index is 2.08. The fourth-order valence-corrected chi connectivity index (χ4v) is 2.54. The van der Waals surface area contributed by atoms with Gasteiger partial charge >= 0.3 is 0 Å². The monoisotopic (exact) mass is 295 g/mol. The second-order valence-corrected chi connectivity index (χ2v) is 4.99. The first kappa shape index (κ1) is 14.2. The average Bonchev–Trinajstić information content (AvgIpc) is 2.75. The van der Waals surface area contributed by atoms with Gasteiger partial charge < -0.3 is 20.1 Å². The van der Waals surface area contributed by atoms with Gasteiger partial charge in [-0.25, -0.2) is 4.39 Å². The third-order valence-electron chi connectivity index (χ3n) is 3.68. The molecule has 7 heteroatoms. The van der Waals surface area contributed by atoms with Gasteiger partial charge in [0.05, 0.1) is 6.61 Å². The summed E-state index contributed by atoms with van der Waals surface area (Å²) in [5.74, 6) is -0.451. The van der Waals surface area contributed by atoms with Gasteiger partial charge in [0.15, 0.2) is 6.23 Å². The minimum atomic E-state index is -1.34. The predicted molar refractivity (Wildman–Crippen MR) is 71.2 cm³/mol. The molecule has 2 aromatic rings. The number of ether oxygens (including phenoxy) is 1. The number of aliphatic hydroxyl groups is 3. The molecule has 0 saturated carbocycles. The number of halogens is 1. The lowest BCUT2D eigenvalue weighted by Crippen LogP contribution is -2.35. The van der Waals surface area contributed by atoms with Crippen molar-refractivity contribution >= 4 is 10.8 Å². The van der Waals surface area contributed by atoms with Crippen LogP contribution in [0.25, 0.3) is 10.8 Å². The zero-order valence-corrected chi connectivity index (χ0v) is 10.9. The highest BCUT2D eigenvalue weighted by Gasteiger charge is 2.43. The molecule has 112 valence electrons. The van der Waals surface area contributed by atoms with Crippen molar-refractivity contribution in [3.05, 3.63) is 46.6 Å².